The fourth-order valence-electron chi connectivity index (χ4n) is 4.27. The molecule has 0 radical (unpaired) electrons. The quantitative estimate of drug-likeness (QED) is 0.692. The zero-order chi connectivity index (χ0) is 19.6. The van der Waals surface area contributed by atoms with Gasteiger partial charge >= 0.3 is 0 Å². The van der Waals surface area contributed by atoms with Gasteiger partial charge in [0.1, 0.15) is 18.3 Å². The van der Waals surface area contributed by atoms with Crippen molar-refractivity contribution in [2.24, 2.45) is 0 Å². The smallest absolute Gasteiger partial charge is 0.271 e. The molecule has 29 heavy (non-hydrogen) atoms. The third kappa shape index (κ3) is 3.73. The number of morpholine rings is 1. The van der Waals surface area contributed by atoms with Gasteiger partial charge in [-0.15, -0.1) is 0 Å². The highest BCUT2D eigenvalue weighted by molar-refractivity contribution is 5.92. The Bertz CT molecular complexity index is 971. The van der Waals surface area contributed by atoms with Crippen LogP contribution in [-0.2, 0) is 4.74 Å². The van der Waals surface area contributed by atoms with E-state index in [2.05, 4.69) is 30.3 Å². The summed E-state index contributed by atoms with van der Waals surface area (Å²) in [4.78, 5) is 28.3. The van der Waals surface area contributed by atoms with Crippen molar-refractivity contribution < 1.29 is 9.53 Å². The maximum atomic E-state index is 12.9. The molecule has 0 bridgehead atoms. The lowest BCUT2D eigenvalue weighted by Gasteiger charge is -2.38. The number of hydrogen-bond donors (Lipinski definition) is 1. The van der Waals surface area contributed by atoms with Crippen LogP contribution in [0.15, 0.2) is 31.2 Å². The minimum atomic E-state index is -0.182. The van der Waals surface area contributed by atoms with Crippen molar-refractivity contribution in [3.63, 3.8) is 0 Å². The summed E-state index contributed by atoms with van der Waals surface area (Å²) in [7, 11) is 0. The SMILES string of the molecule is O=C(NC1CCC(N2CCOCC2)CC1)c1cn2ncnc2c(-n2ccnc2)n1. The van der Waals surface area contributed by atoms with Gasteiger partial charge in [-0.05, 0) is 25.7 Å². The number of carbonyl (C=O) groups excluding carboxylic acids is 1. The number of rotatable bonds is 4. The van der Waals surface area contributed by atoms with E-state index >= 15 is 0 Å². The number of carbonyl (C=O) groups is 1. The molecule has 0 atom stereocenters. The van der Waals surface area contributed by atoms with Crippen LogP contribution < -0.4 is 5.32 Å². The zero-order valence-electron chi connectivity index (χ0n) is 16.1. The first-order valence-corrected chi connectivity index (χ1v) is 10.1. The molecule has 2 fully saturated rings. The third-order valence-corrected chi connectivity index (χ3v) is 5.82. The van der Waals surface area contributed by atoms with Gasteiger partial charge in [0.15, 0.2) is 11.5 Å². The van der Waals surface area contributed by atoms with E-state index in [1.165, 1.54) is 6.33 Å². The molecule has 0 unspecified atom stereocenters. The molecule has 10 nitrogen and oxygen atoms in total. The van der Waals surface area contributed by atoms with Crippen LogP contribution in [0.25, 0.3) is 11.5 Å². The highest BCUT2D eigenvalue weighted by atomic mass is 16.5. The maximum Gasteiger partial charge on any atom is 0.271 e. The summed E-state index contributed by atoms with van der Waals surface area (Å²) in [6.45, 7) is 3.68. The second-order valence-electron chi connectivity index (χ2n) is 7.58. The molecule has 10 heteroatoms. The molecular formula is C19H24N8O2. The van der Waals surface area contributed by atoms with E-state index < -0.39 is 0 Å². The summed E-state index contributed by atoms with van der Waals surface area (Å²) in [6, 6.07) is 0.772. The first-order chi connectivity index (χ1) is 14.3. The molecule has 2 aliphatic rings. The Labute approximate surface area is 167 Å². The lowest BCUT2D eigenvalue weighted by atomic mass is 9.90. The standard InChI is InChI=1S/C19H24N8O2/c28-19(23-14-1-3-15(4-2-14)25-7-9-29-10-8-25)16-11-27-17(21-12-22-27)18(24-16)26-6-5-20-13-26/h5-6,11-15H,1-4,7-10H2,(H,23,28). The van der Waals surface area contributed by atoms with Crippen LogP contribution in [0.3, 0.4) is 0 Å². The lowest BCUT2D eigenvalue weighted by molar-refractivity contribution is 0.00664. The highest BCUT2D eigenvalue weighted by Gasteiger charge is 2.28. The van der Waals surface area contributed by atoms with Crippen LogP contribution in [0.2, 0.25) is 0 Å². The normalized spacial score (nSPS) is 23.3. The van der Waals surface area contributed by atoms with Crippen molar-refractivity contribution in [2.45, 2.75) is 37.8 Å². The van der Waals surface area contributed by atoms with Crippen molar-refractivity contribution in [1.82, 2.24) is 39.3 Å². The van der Waals surface area contributed by atoms with Crippen LogP contribution in [-0.4, -0.2) is 78.3 Å². The van der Waals surface area contributed by atoms with E-state index in [0.717, 1.165) is 52.0 Å². The molecule has 1 saturated carbocycles. The molecule has 1 saturated heterocycles. The Hall–Kier alpha value is -2.85. The Morgan fingerprint density at radius 2 is 2.00 bits per heavy atom. The number of imidazole rings is 1. The van der Waals surface area contributed by atoms with Crippen LogP contribution in [0.4, 0.5) is 0 Å². The molecule has 0 aromatic carbocycles. The largest absolute Gasteiger partial charge is 0.379 e. The molecular weight excluding hydrogens is 372 g/mol. The molecule has 1 aliphatic heterocycles. The first-order valence-electron chi connectivity index (χ1n) is 10.1. The Kier molecular flexibility index (Phi) is 4.94. The van der Waals surface area contributed by atoms with E-state index in [0.29, 0.717) is 23.2 Å². The van der Waals surface area contributed by atoms with Gasteiger partial charge in [-0.1, -0.05) is 0 Å². The van der Waals surface area contributed by atoms with Gasteiger partial charge in [0.05, 0.1) is 19.4 Å². The van der Waals surface area contributed by atoms with Crippen LogP contribution >= 0.6 is 0 Å². The molecule has 1 amide bonds. The molecule has 1 N–H and O–H groups in total. The van der Waals surface area contributed by atoms with E-state index in [4.69, 9.17) is 4.74 Å². The summed E-state index contributed by atoms with van der Waals surface area (Å²) < 4.78 is 8.76. The summed E-state index contributed by atoms with van der Waals surface area (Å²) in [5.74, 6) is 0.349. The third-order valence-electron chi connectivity index (χ3n) is 5.82. The van der Waals surface area contributed by atoms with Crippen molar-refractivity contribution in [3.05, 3.63) is 36.9 Å². The number of aromatic nitrogens is 6. The van der Waals surface area contributed by atoms with Crippen molar-refractivity contribution in [1.29, 1.82) is 0 Å². The van der Waals surface area contributed by atoms with Gasteiger partial charge < -0.3 is 10.1 Å². The van der Waals surface area contributed by atoms with Gasteiger partial charge in [0.25, 0.3) is 5.91 Å². The zero-order valence-corrected chi connectivity index (χ0v) is 16.1. The summed E-state index contributed by atoms with van der Waals surface area (Å²) in [5, 5.41) is 7.33. The average Bonchev–Trinajstić information content (AvgIpc) is 3.46. The number of fused-ring (bicyclic) bond motifs is 1. The van der Waals surface area contributed by atoms with Crippen LogP contribution in [0.1, 0.15) is 36.2 Å². The Morgan fingerprint density at radius 1 is 1.17 bits per heavy atom. The van der Waals surface area contributed by atoms with Gasteiger partial charge in [0, 0.05) is 37.6 Å². The van der Waals surface area contributed by atoms with Crippen molar-refractivity contribution >= 4 is 11.6 Å². The van der Waals surface area contributed by atoms with Gasteiger partial charge in [-0.2, -0.15) is 5.10 Å². The lowest BCUT2D eigenvalue weighted by Crippen LogP contribution is -2.47. The van der Waals surface area contributed by atoms with E-state index in [-0.39, 0.29) is 11.9 Å². The minimum Gasteiger partial charge on any atom is -0.379 e. The predicted octanol–water partition coefficient (Wildman–Crippen LogP) is 0.683. The second-order valence-corrected chi connectivity index (χ2v) is 7.58. The summed E-state index contributed by atoms with van der Waals surface area (Å²) in [6.07, 6.45) is 12.3. The number of nitrogens with one attached hydrogen (secondary N) is 1. The minimum absolute atomic E-state index is 0.171. The predicted molar refractivity (Wildman–Crippen MR) is 104 cm³/mol. The number of ether oxygens (including phenoxy) is 1. The molecule has 3 aromatic rings. The fourth-order valence-corrected chi connectivity index (χ4v) is 4.27. The number of hydrogen-bond acceptors (Lipinski definition) is 7. The maximum absolute atomic E-state index is 12.9. The van der Waals surface area contributed by atoms with Gasteiger partial charge in [0.2, 0.25) is 0 Å². The molecule has 1 aliphatic carbocycles. The number of amides is 1. The fraction of sp³-hybridized carbons (Fsp3) is 0.526. The monoisotopic (exact) mass is 396 g/mol. The average molecular weight is 396 g/mol. The summed E-state index contributed by atoms with van der Waals surface area (Å²) in [5.41, 5.74) is 0.896. The topological polar surface area (TPSA) is 102 Å². The Morgan fingerprint density at radius 3 is 2.76 bits per heavy atom. The molecule has 4 heterocycles. The van der Waals surface area contributed by atoms with E-state index in [1.54, 1.807) is 34.0 Å². The van der Waals surface area contributed by atoms with Crippen LogP contribution in [0.5, 0.6) is 0 Å². The number of nitrogens with zero attached hydrogens (tertiary/aromatic N) is 7. The van der Waals surface area contributed by atoms with Gasteiger partial charge in [-0.25, -0.2) is 19.5 Å². The molecule has 0 spiro atoms. The second kappa shape index (κ2) is 7.88. The molecule has 5 rings (SSSR count). The van der Waals surface area contributed by atoms with Crippen molar-refractivity contribution in [3.8, 4) is 5.82 Å². The molecule has 3 aromatic heterocycles. The van der Waals surface area contributed by atoms with Crippen LogP contribution in [0, 0.1) is 0 Å². The van der Waals surface area contributed by atoms with E-state index in [9.17, 15) is 4.79 Å². The van der Waals surface area contributed by atoms with E-state index in [1.807, 2.05) is 0 Å². The summed E-state index contributed by atoms with van der Waals surface area (Å²) >= 11 is 0. The highest BCUT2D eigenvalue weighted by Crippen LogP contribution is 2.24. The first kappa shape index (κ1) is 18.2. The molecule has 152 valence electrons. The van der Waals surface area contributed by atoms with Crippen molar-refractivity contribution in [2.75, 3.05) is 26.3 Å². The Balaban J connectivity index is 1.27. The van der Waals surface area contributed by atoms with Gasteiger partial charge in [-0.3, -0.25) is 14.3 Å².